The summed E-state index contributed by atoms with van der Waals surface area (Å²) < 4.78 is 11.5. The van der Waals surface area contributed by atoms with Gasteiger partial charge in [-0.1, -0.05) is 72.2 Å². The van der Waals surface area contributed by atoms with Crippen LogP contribution >= 0.6 is 23.4 Å². The number of thioether (sulfide) groups is 1. The summed E-state index contributed by atoms with van der Waals surface area (Å²) in [5.74, 6) is 0.855. The molecule has 1 aliphatic heterocycles. The summed E-state index contributed by atoms with van der Waals surface area (Å²) in [5, 5.41) is 6.71. The standard InChI is InChI=1S/C27H27ClN2O3S/c1-4-18-9-11-21(12-10-18)29-27-30-26(31)24(34-27)15-20-13-22(28)25(23(14-20)32-3)33-16-19-7-5-17(2)6-8-19/h5-15,27,29H,4,16H2,1-3H3,(H,30,31)/b24-15-/t27-/m0/s1. The Morgan fingerprint density at radius 2 is 1.79 bits per heavy atom. The number of rotatable bonds is 8. The summed E-state index contributed by atoms with van der Waals surface area (Å²) in [6, 6.07) is 19.9. The molecule has 5 nitrogen and oxygen atoms in total. The molecule has 0 bridgehead atoms. The predicted octanol–water partition coefficient (Wildman–Crippen LogP) is 6.40. The van der Waals surface area contributed by atoms with Gasteiger partial charge in [-0.2, -0.15) is 0 Å². The maximum atomic E-state index is 12.5. The van der Waals surface area contributed by atoms with Gasteiger partial charge in [0, 0.05) is 5.69 Å². The van der Waals surface area contributed by atoms with Gasteiger partial charge in [-0.3, -0.25) is 4.79 Å². The first kappa shape index (κ1) is 24.0. The van der Waals surface area contributed by atoms with Crippen LogP contribution in [-0.4, -0.2) is 18.5 Å². The first-order chi connectivity index (χ1) is 16.4. The van der Waals surface area contributed by atoms with Crippen molar-refractivity contribution in [2.24, 2.45) is 0 Å². The lowest BCUT2D eigenvalue weighted by Crippen LogP contribution is -2.30. The molecule has 3 aromatic rings. The van der Waals surface area contributed by atoms with Crippen molar-refractivity contribution in [3.8, 4) is 11.5 Å². The molecule has 0 saturated carbocycles. The Balaban J connectivity index is 1.46. The minimum Gasteiger partial charge on any atom is -0.493 e. The van der Waals surface area contributed by atoms with Gasteiger partial charge in [0.05, 0.1) is 17.0 Å². The van der Waals surface area contributed by atoms with E-state index in [4.69, 9.17) is 21.1 Å². The normalized spacial score (nSPS) is 16.4. The van der Waals surface area contributed by atoms with Crippen LogP contribution in [0.25, 0.3) is 6.08 Å². The van der Waals surface area contributed by atoms with Gasteiger partial charge in [0.15, 0.2) is 17.0 Å². The van der Waals surface area contributed by atoms with Gasteiger partial charge in [0.1, 0.15) is 6.61 Å². The molecule has 34 heavy (non-hydrogen) atoms. The second-order valence-electron chi connectivity index (χ2n) is 7.98. The van der Waals surface area contributed by atoms with Gasteiger partial charge < -0.3 is 20.1 Å². The van der Waals surface area contributed by atoms with Crippen LogP contribution in [0.1, 0.15) is 29.2 Å². The molecule has 1 fully saturated rings. The molecular formula is C27H27ClN2O3S. The predicted molar refractivity (Wildman–Crippen MR) is 140 cm³/mol. The van der Waals surface area contributed by atoms with Crippen molar-refractivity contribution in [2.45, 2.75) is 32.4 Å². The van der Waals surface area contributed by atoms with E-state index in [2.05, 4.69) is 29.7 Å². The van der Waals surface area contributed by atoms with Gasteiger partial charge in [0.2, 0.25) is 0 Å². The summed E-state index contributed by atoms with van der Waals surface area (Å²) in [4.78, 5) is 13.1. The van der Waals surface area contributed by atoms with Crippen molar-refractivity contribution in [2.75, 3.05) is 12.4 Å². The van der Waals surface area contributed by atoms with E-state index in [1.807, 2.05) is 49.4 Å². The number of carbonyl (C=O) groups is 1. The minimum absolute atomic E-state index is 0.137. The molecule has 1 heterocycles. The molecule has 7 heteroatoms. The van der Waals surface area contributed by atoms with Crippen molar-refractivity contribution in [1.29, 1.82) is 0 Å². The lowest BCUT2D eigenvalue weighted by Gasteiger charge is -2.14. The molecule has 2 N–H and O–H groups in total. The smallest absolute Gasteiger partial charge is 0.260 e. The fourth-order valence-electron chi connectivity index (χ4n) is 3.51. The molecule has 1 saturated heterocycles. The van der Waals surface area contributed by atoms with Crippen molar-refractivity contribution in [3.63, 3.8) is 0 Å². The SMILES string of the molecule is CCc1ccc(N[C@H]2NC(=O)/C(=C/c3cc(Cl)c(OCc4ccc(C)cc4)c(OC)c3)S2)cc1. The van der Waals surface area contributed by atoms with Crippen LogP contribution in [0.15, 0.2) is 65.6 Å². The summed E-state index contributed by atoms with van der Waals surface area (Å²) in [6.07, 6.45) is 2.80. The molecule has 0 aliphatic carbocycles. The largest absolute Gasteiger partial charge is 0.493 e. The average molecular weight is 495 g/mol. The minimum atomic E-state index is -0.249. The maximum Gasteiger partial charge on any atom is 0.260 e. The molecule has 0 aromatic heterocycles. The highest BCUT2D eigenvalue weighted by Gasteiger charge is 2.27. The third-order valence-corrected chi connectivity index (χ3v) is 6.75. The third-order valence-electron chi connectivity index (χ3n) is 5.44. The first-order valence-electron chi connectivity index (χ1n) is 11.1. The Hall–Kier alpha value is -3.09. The second kappa shape index (κ2) is 10.9. The number of hydrogen-bond acceptors (Lipinski definition) is 5. The van der Waals surface area contributed by atoms with E-state index in [0.717, 1.165) is 23.2 Å². The highest BCUT2D eigenvalue weighted by atomic mass is 35.5. The topological polar surface area (TPSA) is 59.6 Å². The Labute approximate surface area is 209 Å². The van der Waals surface area contributed by atoms with E-state index in [9.17, 15) is 4.79 Å². The third kappa shape index (κ3) is 5.88. The first-order valence-corrected chi connectivity index (χ1v) is 12.3. The number of hydrogen-bond donors (Lipinski definition) is 2. The maximum absolute atomic E-state index is 12.5. The molecule has 0 unspecified atom stereocenters. The Bertz CT molecular complexity index is 1190. The number of aryl methyl sites for hydroxylation is 2. The van der Waals surface area contributed by atoms with Crippen LogP contribution in [0.3, 0.4) is 0 Å². The van der Waals surface area contributed by atoms with Crippen LogP contribution < -0.4 is 20.1 Å². The van der Waals surface area contributed by atoms with Gasteiger partial charge in [-0.15, -0.1) is 0 Å². The van der Waals surface area contributed by atoms with E-state index >= 15 is 0 Å². The molecular weight excluding hydrogens is 468 g/mol. The van der Waals surface area contributed by atoms with Crippen molar-refractivity contribution in [1.82, 2.24) is 5.32 Å². The number of methoxy groups -OCH3 is 1. The Kier molecular flexibility index (Phi) is 7.70. The van der Waals surface area contributed by atoms with Crippen LogP contribution in [-0.2, 0) is 17.8 Å². The number of nitrogens with one attached hydrogen (secondary N) is 2. The van der Waals surface area contributed by atoms with E-state index in [1.54, 1.807) is 19.3 Å². The molecule has 3 aromatic carbocycles. The zero-order valence-electron chi connectivity index (χ0n) is 19.4. The van der Waals surface area contributed by atoms with Crippen LogP contribution in [0.4, 0.5) is 5.69 Å². The molecule has 176 valence electrons. The highest BCUT2D eigenvalue weighted by Crippen LogP contribution is 2.39. The zero-order chi connectivity index (χ0) is 24.1. The lowest BCUT2D eigenvalue weighted by molar-refractivity contribution is -0.116. The number of carbonyl (C=O) groups excluding carboxylic acids is 1. The summed E-state index contributed by atoms with van der Waals surface area (Å²) in [5.41, 5.74) is 4.97. The number of ether oxygens (including phenoxy) is 2. The summed E-state index contributed by atoms with van der Waals surface area (Å²) in [7, 11) is 1.57. The van der Waals surface area contributed by atoms with Gasteiger partial charge in [0.25, 0.3) is 5.91 Å². The van der Waals surface area contributed by atoms with Crippen molar-refractivity contribution >= 4 is 41.0 Å². The number of amides is 1. The van der Waals surface area contributed by atoms with Crippen LogP contribution in [0, 0.1) is 6.92 Å². The molecule has 4 rings (SSSR count). The van der Waals surface area contributed by atoms with E-state index in [1.165, 1.54) is 22.9 Å². The van der Waals surface area contributed by atoms with E-state index < -0.39 is 0 Å². The molecule has 1 aliphatic rings. The summed E-state index contributed by atoms with van der Waals surface area (Å²) >= 11 is 7.96. The molecule has 0 radical (unpaired) electrons. The Morgan fingerprint density at radius 3 is 2.47 bits per heavy atom. The fourth-order valence-corrected chi connectivity index (χ4v) is 4.77. The molecule has 0 spiro atoms. The van der Waals surface area contributed by atoms with Gasteiger partial charge in [-0.25, -0.2) is 0 Å². The monoisotopic (exact) mass is 494 g/mol. The Morgan fingerprint density at radius 1 is 1.09 bits per heavy atom. The van der Waals surface area contributed by atoms with Gasteiger partial charge >= 0.3 is 0 Å². The molecule has 1 amide bonds. The summed E-state index contributed by atoms with van der Waals surface area (Å²) in [6.45, 7) is 4.54. The van der Waals surface area contributed by atoms with Crippen LogP contribution in [0.5, 0.6) is 11.5 Å². The number of benzene rings is 3. The fraction of sp³-hybridized carbons (Fsp3) is 0.222. The number of halogens is 1. The second-order valence-corrected chi connectivity index (χ2v) is 9.54. The van der Waals surface area contributed by atoms with E-state index in [0.29, 0.717) is 28.0 Å². The zero-order valence-corrected chi connectivity index (χ0v) is 20.9. The lowest BCUT2D eigenvalue weighted by atomic mass is 10.1. The molecule has 1 atom stereocenters. The van der Waals surface area contributed by atoms with E-state index in [-0.39, 0.29) is 11.4 Å². The van der Waals surface area contributed by atoms with Crippen LogP contribution in [0.2, 0.25) is 5.02 Å². The van der Waals surface area contributed by atoms with Crippen molar-refractivity contribution in [3.05, 3.63) is 92.8 Å². The average Bonchev–Trinajstić information content (AvgIpc) is 3.17. The quantitative estimate of drug-likeness (QED) is 0.355. The van der Waals surface area contributed by atoms with Crippen molar-refractivity contribution < 1.29 is 14.3 Å². The van der Waals surface area contributed by atoms with Gasteiger partial charge in [-0.05, 0) is 60.4 Å². The highest BCUT2D eigenvalue weighted by molar-refractivity contribution is 8.05. The number of anilines is 1.